The van der Waals surface area contributed by atoms with Gasteiger partial charge in [-0.05, 0) is 43.5 Å². The summed E-state index contributed by atoms with van der Waals surface area (Å²) >= 11 is 0. The Morgan fingerprint density at radius 1 is 1.00 bits per heavy atom. The molecule has 28 heavy (non-hydrogen) atoms. The van der Waals surface area contributed by atoms with Gasteiger partial charge in [0.1, 0.15) is 0 Å². The third kappa shape index (κ3) is 5.10. The molecule has 6 heteroatoms. The van der Waals surface area contributed by atoms with Gasteiger partial charge in [0, 0.05) is 11.6 Å². The molecule has 1 aromatic heterocycles. The lowest BCUT2D eigenvalue weighted by molar-refractivity contribution is 0.0909. The Kier molecular flexibility index (Phi) is 6.31. The second-order valence-electron chi connectivity index (χ2n) is 6.75. The maximum Gasteiger partial charge on any atom is 0.287 e. The molecule has 0 bridgehead atoms. The van der Waals surface area contributed by atoms with Crippen LogP contribution in [0.15, 0.2) is 82.3 Å². The van der Waals surface area contributed by atoms with Gasteiger partial charge < -0.3 is 9.73 Å². The minimum Gasteiger partial charge on any atom is -0.459 e. The van der Waals surface area contributed by atoms with Crippen LogP contribution in [0, 0.1) is 0 Å². The molecule has 1 heterocycles. The number of amides is 1. The van der Waals surface area contributed by atoms with E-state index < -0.39 is 15.7 Å². The summed E-state index contributed by atoms with van der Waals surface area (Å²) in [4.78, 5) is 12.8. The standard InChI is InChI=1S/C22H23NO4S/c1-17(12-13-18-8-4-2-5-9-18)23-22(24)21-19(14-15-27-21)16-28(25,26)20-10-6-3-7-11-20/h2-11,14-15,17H,12-13,16H2,1H3,(H,23,24). The summed E-state index contributed by atoms with van der Waals surface area (Å²) in [6, 6.07) is 19.7. The van der Waals surface area contributed by atoms with Crippen molar-refractivity contribution >= 4 is 15.7 Å². The molecule has 3 aromatic rings. The van der Waals surface area contributed by atoms with Crippen molar-refractivity contribution in [2.24, 2.45) is 0 Å². The highest BCUT2D eigenvalue weighted by atomic mass is 32.2. The number of carbonyl (C=O) groups excluding carboxylic acids is 1. The molecule has 0 saturated carbocycles. The zero-order chi connectivity index (χ0) is 20.0. The summed E-state index contributed by atoms with van der Waals surface area (Å²) in [6.45, 7) is 1.92. The zero-order valence-electron chi connectivity index (χ0n) is 15.7. The van der Waals surface area contributed by atoms with Crippen molar-refractivity contribution in [3.05, 3.63) is 89.9 Å². The van der Waals surface area contributed by atoms with E-state index in [0.29, 0.717) is 5.56 Å². The summed E-state index contributed by atoms with van der Waals surface area (Å²) in [5, 5.41) is 2.89. The van der Waals surface area contributed by atoms with Crippen LogP contribution in [0.4, 0.5) is 0 Å². The first-order valence-electron chi connectivity index (χ1n) is 9.14. The summed E-state index contributed by atoms with van der Waals surface area (Å²) in [7, 11) is -3.55. The molecule has 1 amide bonds. The van der Waals surface area contributed by atoms with Crippen molar-refractivity contribution in [2.75, 3.05) is 0 Å². The molecule has 0 spiro atoms. The Labute approximate surface area is 165 Å². The average molecular weight is 397 g/mol. The second kappa shape index (κ2) is 8.89. The summed E-state index contributed by atoms with van der Waals surface area (Å²) in [5.41, 5.74) is 1.56. The van der Waals surface area contributed by atoms with Gasteiger partial charge in [-0.25, -0.2) is 8.42 Å². The molecule has 0 radical (unpaired) electrons. The van der Waals surface area contributed by atoms with Gasteiger partial charge in [-0.15, -0.1) is 0 Å². The van der Waals surface area contributed by atoms with Crippen LogP contribution in [0.3, 0.4) is 0 Å². The van der Waals surface area contributed by atoms with Crippen LogP contribution < -0.4 is 5.32 Å². The fourth-order valence-corrected chi connectivity index (χ4v) is 4.33. The van der Waals surface area contributed by atoms with Crippen LogP contribution in [0.5, 0.6) is 0 Å². The molecule has 5 nitrogen and oxygen atoms in total. The Morgan fingerprint density at radius 3 is 2.32 bits per heavy atom. The maximum absolute atomic E-state index is 12.6. The van der Waals surface area contributed by atoms with Crippen molar-refractivity contribution in [3.8, 4) is 0 Å². The van der Waals surface area contributed by atoms with E-state index in [1.54, 1.807) is 30.3 Å². The molecule has 0 aliphatic carbocycles. The van der Waals surface area contributed by atoms with Crippen molar-refractivity contribution < 1.29 is 17.6 Å². The second-order valence-corrected chi connectivity index (χ2v) is 8.74. The van der Waals surface area contributed by atoms with Crippen LogP contribution in [-0.4, -0.2) is 20.4 Å². The minimum absolute atomic E-state index is 0.0473. The topological polar surface area (TPSA) is 76.4 Å². The van der Waals surface area contributed by atoms with Crippen LogP contribution in [0.2, 0.25) is 0 Å². The SMILES string of the molecule is CC(CCc1ccccc1)NC(=O)c1occc1CS(=O)(=O)c1ccccc1. The quantitative estimate of drug-likeness (QED) is 0.623. The van der Waals surface area contributed by atoms with E-state index in [2.05, 4.69) is 5.32 Å². The van der Waals surface area contributed by atoms with Crippen LogP contribution >= 0.6 is 0 Å². The van der Waals surface area contributed by atoms with Gasteiger partial charge in [0.2, 0.25) is 0 Å². The van der Waals surface area contributed by atoms with E-state index in [9.17, 15) is 13.2 Å². The van der Waals surface area contributed by atoms with Crippen molar-refractivity contribution in [1.82, 2.24) is 5.32 Å². The zero-order valence-corrected chi connectivity index (χ0v) is 16.5. The first kappa shape index (κ1) is 19.9. The number of sulfone groups is 1. The smallest absolute Gasteiger partial charge is 0.287 e. The van der Waals surface area contributed by atoms with E-state index in [4.69, 9.17) is 4.42 Å². The number of rotatable bonds is 8. The number of carbonyl (C=O) groups is 1. The molecule has 1 atom stereocenters. The molecule has 0 aliphatic rings. The lowest BCUT2D eigenvalue weighted by Crippen LogP contribution is -2.33. The maximum atomic E-state index is 12.6. The molecule has 0 saturated heterocycles. The molecular weight excluding hydrogens is 374 g/mol. The molecule has 1 unspecified atom stereocenters. The van der Waals surface area contributed by atoms with Crippen molar-refractivity contribution in [1.29, 1.82) is 0 Å². The highest BCUT2D eigenvalue weighted by Gasteiger charge is 2.23. The van der Waals surface area contributed by atoms with Gasteiger partial charge in [-0.2, -0.15) is 0 Å². The monoisotopic (exact) mass is 397 g/mol. The normalized spacial score (nSPS) is 12.5. The fourth-order valence-electron chi connectivity index (χ4n) is 2.95. The molecule has 146 valence electrons. The minimum atomic E-state index is -3.55. The molecule has 3 rings (SSSR count). The molecule has 2 aromatic carbocycles. The number of aryl methyl sites for hydroxylation is 1. The van der Waals surface area contributed by atoms with Gasteiger partial charge >= 0.3 is 0 Å². The van der Waals surface area contributed by atoms with Crippen LogP contribution in [-0.2, 0) is 22.0 Å². The Morgan fingerprint density at radius 2 is 1.64 bits per heavy atom. The van der Waals surface area contributed by atoms with Gasteiger partial charge in [0.15, 0.2) is 15.6 Å². The highest BCUT2D eigenvalue weighted by molar-refractivity contribution is 7.90. The number of furan rings is 1. The number of hydrogen-bond donors (Lipinski definition) is 1. The van der Waals surface area contributed by atoms with Crippen molar-refractivity contribution in [2.45, 2.75) is 36.5 Å². The predicted octanol–water partition coefficient (Wildman–Crippen LogP) is 4.00. The number of hydrogen-bond acceptors (Lipinski definition) is 4. The fraction of sp³-hybridized carbons (Fsp3) is 0.227. The van der Waals surface area contributed by atoms with E-state index in [-0.39, 0.29) is 22.5 Å². The van der Waals surface area contributed by atoms with Crippen molar-refractivity contribution in [3.63, 3.8) is 0 Å². The molecule has 1 N–H and O–H groups in total. The van der Waals surface area contributed by atoms with Gasteiger partial charge in [-0.1, -0.05) is 48.5 Å². The summed E-state index contributed by atoms with van der Waals surface area (Å²) in [6.07, 6.45) is 2.96. The molecular formula is C22H23NO4S. The Balaban J connectivity index is 1.63. The first-order chi connectivity index (χ1) is 13.5. The van der Waals surface area contributed by atoms with E-state index in [1.165, 1.54) is 17.9 Å². The van der Waals surface area contributed by atoms with Gasteiger partial charge in [-0.3, -0.25) is 4.79 Å². The summed E-state index contributed by atoms with van der Waals surface area (Å²) in [5.74, 6) is -0.635. The average Bonchev–Trinajstić information content (AvgIpc) is 3.15. The third-order valence-electron chi connectivity index (χ3n) is 4.49. The van der Waals surface area contributed by atoms with E-state index >= 15 is 0 Å². The lowest BCUT2D eigenvalue weighted by Gasteiger charge is -2.13. The Hall–Kier alpha value is -2.86. The lowest BCUT2D eigenvalue weighted by atomic mass is 10.1. The van der Waals surface area contributed by atoms with E-state index in [1.807, 2.05) is 37.3 Å². The Bertz CT molecular complexity index is 1010. The van der Waals surface area contributed by atoms with Gasteiger partial charge in [0.25, 0.3) is 5.91 Å². The van der Waals surface area contributed by atoms with E-state index in [0.717, 1.165) is 12.8 Å². The van der Waals surface area contributed by atoms with Gasteiger partial charge in [0.05, 0.1) is 16.9 Å². The number of nitrogens with one attached hydrogen (secondary N) is 1. The predicted molar refractivity (Wildman–Crippen MR) is 108 cm³/mol. The van der Waals surface area contributed by atoms with Crippen LogP contribution in [0.25, 0.3) is 0 Å². The highest BCUT2D eigenvalue weighted by Crippen LogP contribution is 2.20. The molecule has 0 aliphatic heterocycles. The third-order valence-corrected chi connectivity index (χ3v) is 6.17. The largest absolute Gasteiger partial charge is 0.459 e. The van der Waals surface area contributed by atoms with Crippen LogP contribution in [0.1, 0.15) is 35.0 Å². The molecule has 0 fully saturated rings. The number of benzene rings is 2. The summed E-state index contributed by atoms with van der Waals surface area (Å²) < 4.78 is 30.5. The first-order valence-corrected chi connectivity index (χ1v) is 10.8.